The SMILES string of the molecule is CC(C)NC(=O)CCNC1CCCCC1CO. The van der Waals surface area contributed by atoms with Crippen LogP contribution in [0.2, 0.25) is 0 Å². The summed E-state index contributed by atoms with van der Waals surface area (Å²) < 4.78 is 0. The summed E-state index contributed by atoms with van der Waals surface area (Å²) >= 11 is 0. The van der Waals surface area contributed by atoms with Gasteiger partial charge in [-0.3, -0.25) is 4.79 Å². The molecule has 0 aromatic rings. The Morgan fingerprint density at radius 2 is 2.06 bits per heavy atom. The van der Waals surface area contributed by atoms with Crippen LogP contribution >= 0.6 is 0 Å². The van der Waals surface area contributed by atoms with Gasteiger partial charge in [-0.2, -0.15) is 0 Å². The first kappa shape index (κ1) is 14.5. The Kier molecular flexibility index (Phi) is 6.52. The van der Waals surface area contributed by atoms with Crippen LogP contribution in [0.4, 0.5) is 0 Å². The zero-order valence-electron chi connectivity index (χ0n) is 11.0. The minimum Gasteiger partial charge on any atom is -0.396 e. The van der Waals surface area contributed by atoms with Gasteiger partial charge in [0.1, 0.15) is 0 Å². The van der Waals surface area contributed by atoms with Crippen molar-refractivity contribution in [1.82, 2.24) is 10.6 Å². The molecular weight excluding hydrogens is 216 g/mol. The third-order valence-corrected chi connectivity index (χ3v) is 3.35. The van der Waals surface area contributed by atoms with Gasteiger partial charge in [0.05, 0.1) is 0 Å². The first-order chi connectivity index (χ1) is 8.13. The largest absolute Gasteiger partial charge is 0.396 e. The van der Waals surface area contributed by atoms with Gasteiger partial charge in [0.15, 0.2) is 0 Å². The van der Waals surface area contributed by atoms with E-state index in [0.29, 0.717) is 24.9 Å². The summed E-state index contributed by atoms with van der Waals surface area (Å²) in [7, 11) is 0. The van der Waals surface area contributed by atoms with Gasteiger partial charge in [-0.05, 0) is 32.6 Å². The summed E-state index contributed by atoms with van der Waals surface area (Å²) in [6.45, 7) is 4.90. The van der Waals surface area contributed by atoms with Crippen LogP contribution in [0.15, 0.2) is 0 Å². The highest BCUT2D eigenvalue weighted by Crippen LogP contribution is 2.23. The molecule has 1 saturated carbocycles. The number of amides is 1. The minimum absolute atomic E-state index is 0.101. The maximum Gasteiger partial charge on any atom is 0.221 e. The molecule has 1 aliphatic carbocycles. The van der Waals surface area contributed by atoms with Crippen molar-refractivity contribution >= 4 is 5.91 Å². The van der Waals surface area contributed by atoms with E-state index in [4.69, 9.17) is 0 Å². The highest BCUT2D eigenvalue weighted by molar-refractivity contribution is 5.76. The summed E-state index contributed by atoms with van der Waals surface area (Å²) in [4.78, 5) is 11.4. The van der Waals surface area contributed by atoms with E-state index in [1.807, 2.05) is 13.8 Å². The zero-order valence-corrected chi connectivity index (χ0v) is 11.0. The third kappa shape index (κ3) is 5.50. The highest BCUT2D eigenvalue weighted by atomic mass is 16.3. The zero-order chi connectivity index (χ0) is 12.7. The molecule has 2 unspecified atom stereocenters. The Morgan fingerprint density at radius 1 is 1.35 bits per heavy atom. The van der Waals surface area contributed by atoms with Gasteiger partial charge < -0.3 is 15.7 Å². The lowest BCUT2D eigenvalue weighted by molar-refractivity contribution is -0.121. The molecule has 4 nitrogen and oxygen atoms in total. The summed E-state index contributed by atoms with van der Waals surface area (Å²) in [5.41, 5.74) is 0. The highest BCUT2D eigenvalue weighted by Gasteiger charge is 2.23. The third-order valence-electron chi connectivity index (χ3n) is 3.35. The fourth-order valence-electron chi connectivity index (χ4n) is 2.46. The van der Waals surface area contributed by atoms with Crippen molar-refractivity contribution in [2.45, 2.75) is 58.0 Å². The van der Waals surface area contributed by atoms with Gasteiger partial charge in [0.25, 0.3) is 0 Å². The Balaban J connectivity index is 2.18. The molecule has 0 saturated heterocycles. The van der Waals surface area contributed by atoms with E-state index >= 15 is 0 Å². The van der Waals surface area contributed by atoms with Gasteiger partial charge >= 0.3 is 0 Å². The predicted molar refractivity (Wildman–Crippen MR) is 68.7 cm³/mol. The van der Waals surface area contributed by atoms with Crippen LogP contribution in [0.25, 0.3) is 0 Å². The Labute approximate surface area is 104 Å². The van der Waals surface area contributed by atoms with Crippen LogP contribution in [0.1, 0.15) is 46.0 Å². The lowest BCUT2D eigenvalue weighted by Gasteiger charge is -2.31. The number of hydrogen-bond acceptors (Lipinski definition) is 3. The fourth-order valence-corrected chi connectivity index (χ4v) is 2.46. The summed E-state index contributed by atoms with van der Waals surface area (Å²) in [6.07, 6.45) is 5.19. The molecule has 0 aliphatic heterocycles. The molecule has 2 atom stereocenters. The molecule has 17 heavy (non-hydrogen) atoms. The Hall–Kier alpha value is -0.610. The van der Waals surface area contributed by atoms with E-state index in [1.54, 1.807) is 0 Å². The van der Waals surface area contributed by atoms with Crippen LogP contribution in [-0.2, 0) is 4.79 Å². The van der Waals surface area contributed by atoms with Crippen molar-refractivity contribution in [3.8, 4) is 0 Å². The van der Waals surface area contributed by atoms with Crippen LogP contribution < -0.4 is 10.6 Å². The summed E-state index contributed by atoms with van der Waals surface area (Å²) in [5.74, 6) is 0.473. The molecule has 1 fully saturated rings. The van der Waals surface area contributed by atoms with E-state index in [9.17, 15) is 9.90 Å². The summed E-state index contributed by atoms with van der Waals surface area (Å²) in [6, 6.07) is 0.600. The van der Waals surface area contributed by atoms with E-state index in [1.165, 1.54) is 12.8 Å². The van der Waals surface area contributed by atoms with Crippen molar-refractivity contribution in [1.29, 1.82) is 0 Å². The fraction of sp³-hybridized carbons (Fsp3) is 0.923. The molecule has 1 rings (SSSR count). The molecule has 1 aliphatic rings. The standard InChI is InChI=1S/C13H26N2O2/c1-10(2)15-13(17)7-8-14-12-6-4-3-5-11(12)9-16/h10-12,14,16H,3-9H2,1-2H3,(H,15,17). The maximum atomic E-state index is 11.4. The van der Waals surface area contributed by atoms with E-state index in [2.05, 4.69) is 10.6 Å². The number of carbonyl (C=O) groups excluding carboxylic acids is 1. The number of hydrogen-bond donors (Lipinski definition) is 3. The van der Waals surface area contributed by atoms with Gasteiger partial charge in [-0.1, -0.05) is 12.8 Å². The van der Waals surface area contributed by atoms with E-state index < -0.39 is 0 Å². The van der Waals surface area contributed by atoms with Crippen LogP contribution in [0.3, 0.4) is 0 Å². The second-order valence-corrected chi connectivity index (χ2v) is 5.26. The number of rotatable bonds is 6. The monoisotopic (exact) mass is 242 g/mol. The number of aliphatic hydroxyl groups is 1. The van der Waals surface area contributed by atoms with Gasteiger partial charge in [0, 0.05) is 31.7 Å². The minimum atomic E-state index is 0.101. The van der Waals surface area contributed by atoms with Crippen LogP contribution in [-0.4, -0.2) is 36.2 Å². The Morgan fingerprint density at radius 3 is 2.71 bits per heavy atom. The first-order valence-electron chi connectivity index (χ1n) is 6.77. The molecule has 0 bridgehead atoms. The molecule has 3 N–H and O–H groups in total. The molecule has 1 amide bonds. The van der Waals surface area contributed by atoms with Gasteiger partial charge in [0.2, 0.25) is 5.91 Å². The molecule has 4 heteroatoms. The molecule has 0 heterocycles. The van der Waals surface area contributed by atoms with Crippen molar-refractivity contribution in [3.63, 3.8) is 0 Å². The average molecular weight is 242 g/mol. The quantitative estimate of drug-likeness (QED) is 0.652. The molecule has 0 aromatic heterocycles. The maximum absolute atomic E-state index is 11.4. The van der Waals surface area contributed by atoms with Crippen molar-refractivity contribution in [2.24, 2.45) is 5.92 Å². The Bertz CT molecular complexity index is 231. The molecule has 0 spiro atoms. The average Bonchev–Trinajstić information content (AvgIpc) is 2.28. The number of aliphatic hydroxyl groups excluding tert-OH is 1. The molecule has 0 aromatic carbocycles. The first-order valence-corrected chi connectivity index (χ1v) is 6.77. The smallest absolute Gasteiger partial charge is 0.221 e. The second-order valence-electron chi connectivity index (χ2n) is 5.26. The molecule has 100 valence electrons. The topological polar surface area (TPSA) is 61.4 Å². The number of nitrogens with one attached hydrogen (secondary N) is 2. The van der Waals surface area contributed by atoms with Crippen LogP contribution in [0.5, 0.6) is 0 Å². The van der Waals surface area contributed by atoms with Crippen molar-refractivity contribution in [2.75, 3.05) is 13.2 Å². The van der Waals surface area contributed by atoms with Crippen molar-refractivity contribution < 1.29 is 9.90 Å². The normalized spacial score (nSPS) is 24.9. The predicted octanol–water partition coefficient (Wildman–Crippen LogP) is 1.04. The number of carbonyl (C=O) groups is 1. The van der Waals surface area contributed by atoms with Crippen LogP contribution in [0, 0.1) is 5.92 Å². The lowest BCUT2D eigenvalue weighted by atomic mass is 9.85. The van der Waals surface area contributed by atoms with E-state index in [0.717, 1.165) is 12.8 Å². The van der Waals surface area contributed by atoms with Gasteiger partial charge in [-0.25, -0.2) is 0 Å². The molecular formula is C13H26N2O2. The second kappa shape index (κ2) is 7.67. The van der Waals surface area contributed by atoms with E-state index in [-0.39, 0.29) is 18.6 Å². The van der Waals surface area contributed by atoms with Gasteiger partial charge in [-0.15, -0.1) is 0 Å². The summed E-state index contributed by atoms with van der Waals surface area (Å²) in [5, 5.41) is 15.6. The molecule has 0 radical (unpaired) electrons. The van der Waals surface area contributed by atoms with Crippen molar-refractivity contribution in [3.05, 3.63) is 0 Å². The lowest BCUT2D eigenvalue weighted by Crippen LogP contribution is -2.42.